The summed E-state index contributed by atoms with van der Waals surface area (Å²) in [4.78, 5) is 0. The summed E-state index contributed by atoms with van der Waals surface area (Å²) in [6, 6.07) is 11.7. The minimum atomic E-state index is -2.03. The largest absolute Gasteiger partial charge is 0.449 e. The number of hydrogen-bond donors (Lipinski definition) is 0. The first-order chi connectivity index (χ1) is 8.29. The predicted molar refractivity (Wildman–Crippen MR) is 84.9 cm³/mol. The smallest absolute Gasteiger partial charge is 0.237 e. The Morgan fingerprint density at radius 3 is 2.17 bits per heavy atom. The Morgan fingerprint density at radius 1 is 1.22 bits per heavy atom. The fourth-order valence-electron chi connectivity index (χ4n) is 2.30. The molecule has 0 bridgehead atoms. The van der Waals surface area contributed by atoms with Gasteiger partial charge in [-0.3, -0.25) is 0 Å². The average molecular weight is 278 g/mol. The summed E-state index contributed by atoms with van der Waals surface area (Å²) < 4.78 is 6.47. The number of hydrogen-bond acceptors (Lipinski definition) is 1. The fourth-order valence-corrected chi connectivity index (χ4v) is 9.23. The lowest BCUT2D eigenvalue weighted by atomic mass is 10.0. The summed E-state index contributed by atoms with van der Waals surface area (Å²) in [7, 11) is -2.77. The third-order valence-electron chi connectivity index (χ3n) is 2.77. The van der Waals surface area contributed by atoms with Crippen LogP contribution in [0.15, 0.2) is 42.6 Å². The molecule has 3 heteroatoms. The summed E-state index contributed by atoms with van der Waals surface area (Å²) in [6.07, 6.45) is 0. The van der Waals surface area contributed by atoms with Crippen molar-refractivity contribution in [3.05, 3.63) is 42.6 Å². The van der Waals surface area contributed by atoms with Gasteiger partial charge in [0.1, 0.15) is 0 Å². The van der Waals surface area contributed by atoms with Gasteiger partial charge in [-0.1, -0.05) is 56.8 Å². The molecule has 0 aliphatic carbocycles. The fraction of sp³-hybridized carbons (Fsp3) is 0.467. The van der Waals surface area contributed by atoms with Gasteiger partial charge in [-0.25, -0.2) is 0 Å². The van der Waals surface area contributed by atoms with E-state index in [4.69, 9.17) is 4.12 Å². The van der Waals surface area contributed by atoms with Gasteiger partial charge < -0.3 is 4.12 Å². The molecular formula is C15H25OSi2. The Hall–Kier alpha value is -0.646. The Kier molecular flexibility index (Phi) is 5.13. The Bertz CT molecular complexity index is 381. The molecule has 1 aromatic rings. The zero-order valence-corrected chi connectivity index (χ0v) is 14.3. The lowest BCUT2D eigenvalue weighted by Gasteiger charge is -2.36. The van der Waals surface area contributed by atoms with Crippen molar-refractivity contribution >= 4 is 22.5 Å². The molecular weight excluding hydrogens is 252 g/mol. The Labute approximate surface area is 115 Å². The van der Waals surface area contributed by atoms with Crippen LogP contribution in [0, 0.1) is 5.41 Å². The van der Waals surface area contributed by atoms with Crippen LogP contribution >= 0.6 is 0 Å². The van der Waals surface area contributed by atoms with E-state index in [2.05, 4.69) is 76.5 Å². The second-order valence-corrected chi connectivity index (χ2v) is 12.0. The van der Waals surface area contributed by atoms with Crippen LogP contribution in [0.3, 0.4) is 0 Å². The summed E-state index contributed by atoms with van der Waals surface area (Å²) in [5.41, 5.74) is 2.37. The molecule has 0 spiro atoms. The molecule has 1 aromatic carbocycles. The highest BCUT2D eigenvalue weighted by Gasteiger charge is 2.38. The van der Waals surface area contributed by atoms with Gasteiger partial charge in [-0.15, -0.1) is 6.58 Å². The molecule has 1 nitrogen and oxygen atoms in total. The molecule has 0 aliphatic heterocycles. The highest BCUT2D eigenvalue weighted by molar-refractivity contribution is 6.94. The summed E-state index contributed by atoms with van der Waals surface area (Å²) in [5.74, 6) is 0. The van der Waals surface area contributed by atoms with Crippen molar-refractivity contribution < 1.29 is 4.12 Å². The van der Waals surface area contributed by atoms with Gasteiger partial charge in [0.2, 0.25) is 8.32 Å². The van der Waals surface area contributed by atoms with E-state index in [1.165, 1.54) is 5.19 Å². The van der Waals surface area contributed by atoms with Crippen molar-refractivity contribution in [2.24, 2.45) is 5.41 Å². The van der Waals surface area contributed by atoms with Crippen LogP contribution in [-0.4, -0.2) is 17.4 Å². The van der Waals surface area contributed by atoms with Gasteiger partial charge in [0, 0.05) is 0 Å². The van der Waals surface area contributed by atoms with Crippen molar-refractivity contribution in [1.29, 1.82) is 0 Å². The number of benzene rings is 1. The maximum absolute atomic E-state index is 6.47. The van der Waals surface area contributed by atoms with Crippen LogP contribution in [-0.2, 0) is 4.12 Å². The molecule has 0 saturated carbocycles. The van der Waals surface area contributed by atoms with Crippen molar-refractivity contribution in [2.45, 2.75) is 39.9 Å². The molecule has 0 fully saturated rings. The van der Waals surface area contributed by atoms with Crippen LogP contribution in [0.4, 0.5) is 0 Å². The first-order valence-electron chi connectivity index (χ1n) is 6.47. The van der Waals surface area contributed by atoms with Gasteiger partial charge >= 0.3 is 0 Å². The molecule has 1 atom stereocenters. The maximum atomic E-state index is 6.47. The quantitative estimate of drug-likeness (QED) is 0.742. The van der Waals surface area contributed by atoms with Crippen LogP contribution < -0.4 is 5.19 Å². The third-order valence-corrected chi connectivity index (χ3v) is 9.42. The van der Waals surface area contributed by atoms with Gasteiger partial charge in [0.25, 0.3) is 0 Å². The third kappa shape index (κ3) is 4.23. The molecule has 0 heterocycles. The molecule has 0 unspecified atom stereocenters. The monoisotopic (exact) mass is 277 g/mol. The van der Waals surface area contributed by atoms with E-state index in [0.717, 1.165) is 6.04 Å². The zero-order chi connectivity index (χ0) is 13.8. The minimum Gasteiger partial charge on any atom is -0.449 e. The van der Waals surface area contributed by atoms with Crippen LogP contribution in [0.25, 0.3) is 0 Å². The first kappa shape index (κ1) is 15.4. The summed E-state index contributed by atoms with van der Waals surface area (Å²) in [5, 5.41) is 1.35. The minimum absolute atomic E-state index is 0.258. The molecule has 0 N–H and O–H groups in total. The number of rotatable bonds is 5. The van der Waals surface area contributed by atoms with E-state index in [9.17, 15) is 0 Å². The van der Waals surface area contributed by atoms with E-state index in [1.54, 1.807) is 0 Å². The molecule has 0 saturated heterocycles. The normalized spacial score (nSPS) is 15.4. The van der Waals surface area contributed by atoms with Gasteiger partial charge in [0.15, 0.2) is 9.04 Å². The van der Waals surface area contributed by atoms with E-state index in [0.29, 0.717) is 0 Å². The van der Waals surface area contributed by atoms with Crippen molar-refractivity contribution in [3.63, 3.8) is 0 Å². The SMILES string of the molecule is C=C[Si@](CC(C)(C)C)(O[Si](C)C)c1ccccc1. The lowest BCUT2D eigenvalue weighted by molar-refractivity contribution is 0.436. The summed E-state index contributed by atoms with van der Waals surface area (Å²) >= 11 is 0. The topological polar surface area (TPSA) is 9.23 Å². The van der Waals surface area contributed by atoms with Gasteiger partial charge in [-0.2, -0.15) is 0 Å². The average Bonchev–Trinajstić information content (AvgIpc) is 2.26. The first-order valence-corrected chi connectivity index (χ1v) is 11.1. The van der Waals surface area contributed by atoms with E-state index < -0.39 is 17.4 Å². The zero-order valence-electron chi connectivity index (χ0n) is 12.3. The van der Waals surface area contributed by atoms with Crippen molar-refractivity contribution in [1.82, 2.24) is 0 Å². The molecule has 0 amide bonds. The molecule has 1 radical (unpaired) electrons. The predicted octanol–water partition coefficient (Wildman–Crippen LogP) is 3.88. The van der Waals surface area contributed by atoms with Crippen LogP contribution in [0.1, 0.15) is 20.8 Å². The van der Waals surface area contributed by atoms with Gasteiger partial charge in [0.05, 0.1) is 0 Å². The Balaban J connectivity index is 3.18. The van der Waals surface area contributed by atoms with Crippen LogP contribution in [0.5, 0.6) is 0 Å². The van der Waals surface area contributed by atoms with Crippen molar-refractivity contribution in [3.8, 4) is 0 Å². The van der Waals surface area contributed by atoms with Gasteiger partial charge in [-0.05, 0) is 29.7 Å². The van der Waals surface area contributed by atoms with E-state index >= 15 is 0 Å². The highest BCUT2D eigenvalue weighted by atomic mass is 28.4. The van der Waals surface area contributed by atoms with Crippen molar-refractivity contribution in [2.75, 3.05) is 0 Å². The molecule has 1 rings (SSSR count). The maximum Gasteiger partial charge on any atom is 0.237 e. The molecule has 0 aromatic heterocycles. The Morgan fingerprint density at radius 2 is 1.78 bits per heavy atom. The molecule has 18 heavy (non-hydrogen) atoms. The van der Waals surface area contributed by atoms with E-state index in [-0.39, 0.29) is 5.41 Å². The standard InChI is InChI=1S/C15H25OSi2/c1-7-18(16-17(5)6,13-15(2,3)4)14-11-9-8-10-12-14/h7-12H,1,13H2,2-6H3/t18-/m1/s1. The van der Waals surface area contributed by atoms with Crippen LogP contribution in [0.2, 0.25) is 19.1 Å². The molecule has 99 valence electrons. The lowest BCUT2D eigenvalue weighted by Crippen LogP contribution is -2.53. The van der Waals surface area contributed by atoms with E-state index in [1.807, 2.05) is 0 Å². The second kappa shape index (κ2) is 6.00. The second-order valence-electron chi connectivity index (χ2n) is 6.21. The highest BCUT2D eigenvalue weighted by Crippen LogP contribution is 2.29. The molecule has 0 aliphatic rings. The summed E-state index contributed by atoms with van der Waals surface area (Å²) in [6.45, 7) is 15.4.